The number of hydrogen-bond donors (Lipinski definition) is 0. The van der Waals surface area contributed by atoms with Crippen LogP contribution in [0.2, 0.25) is 0 Å². The summed E-state index contributed by atoms with van der Waals surface area (Å²) in [5.74, 6) is 0.642. The third-order valence-corrected chi connectivity index (χ3v) is 3.31. The van der Waals surface area contributed by atoms with Gasteiger partial charge in [-0.05, 0) is 14.0 Å². The number of esters is 1. The van der Waals surface area contributed by atoms with Crippen LogP contribution in [0.25, 0.3) is 0 Å². The molecule has 0 radical (unpaired) electrons. The SMILES string of the molecule is CCOC(=O)c1cnn(C)c1CN(C)Cc1nccn1C. The molecule has 0 amide bonds. The van der Waals surface area contributed by atoms with E-state index in [-0.39, 0.29) is 5.97 Å². The predicted molar refractivity (Wildman–Crippen MR) is 77.5 cm³/mol. The highest BCUT2D eigenvalue weighted by atomic mass is 16.5. The van der Waals surface area contributed by atoms with E-state index in [9.17, 15) is 4.79 Å². The molecule has 0 aliphatic rings. The highest BCUT2D eigenvalue weighted by Gasteiger charge is 2.18. The molecule has 0 atom stereocenters. The van der Waals surface area contributed by atoms with Gasteiger partial charge in [0.05, 0.1) is 25.0 Å². The van der Waals surface area contributed by atoms with Gasteiger partial charge in [-0.2, -0.15) is 5.10 Å². The summed E-state index contributed by atoms with van der Waals surface area (Å²) in [7, 11) is 5.77. The molecular formula is C14H21N5O2. The fourth-order valence-electron chi connectivity index (χ4n) is 2.13. The Labute approximate surface area is 124 Å². The van der Waals surface area contributed by atoms with Gasteiger partial charge < -0.3 is 9.30 Å². The highest BCUT2D eigenvalue weighted by molar-refractivity contribution is 5.90. The van der Waals surface area contributed by atoms with Crippen LogP contribution in [0, 0.1) is 0 Å². The van der Waals surface area contributed by atoms with Crippen molar-refractivity contribution in [3.8, 4) is 0 Å². The first-order valence-electron chi connectivity index (χ1n) is 6.85. The smallest absolute Gasteiger partial charge is 0.341 e. The van der Waals surface area contributed by atoms with Crippen LogP contribution in [-0.4, -0.2) is 43.9 Å². The molecule has 0 aromatic carbocycles. The molecule has 21 heavy (non-hydrogen) atoms. The van der Waals surface area contributed by atoms with Crippen molar-refractivity contribution in [2.45, 2.75) is 20.0 Å². The number of hydrogen-bond acceptors (Lipinski definition) is 5. The highest BCUT2D eigenvalue weighted by Crippen LogP contribution is 2.13. The Morgan fingerprint density at radius 1 is 1.38 bits per heavy atom. The van der Waals surface area contributed by atoms with Gasteiger partial charge in [0.1, 0.15) is 11.4 Å². The zero-order valence-corrected chi connectivity index (χ0v) is 12.9. The van der Waals surface area contributed by atoms with E-state index in [1.165, 1.54) is 0 Å². The van der Waals surface area contributed by atoms with Crippen LogP contribution < -0.4 is 0 Å². The number of aromatic nitrogens is 4. The van der Waals surface area contributed by atoms with Gasteiger partial charge in [0.15, 0.2) is 0 Å². The van der Waals surface area contributed by atoms with Crippen molar-refractivity contribution in [3.63, 3.8) is 0 Å². The molecule has 0 aliphatic heterocycles. The lowest BCUT2D eigenvalue weighted by molar-refractivity contribution is 0.0524. The van der Waals surface area contributed by atoms with E-state index in [2.05, 4.69) is 15.0 Å². The zero-order valence-electron chi connectivity index (χ0n) is 12.9. The first kappa shape index (κ1) is 15.2. The molecule has 2 aromatic heterocycles. The Morgan fingerprint density at radius 3 is 2.76 bits per heavy atom. The lowest BCUT2D eigenvalue weighted by Gasteiger charge is -2.17. The van der Waals surface area contributed by atoms with Crippen molar-refractivity contribution < 1.29 is 9.53 Å². The Morgan fingerprint density at radius 2 is 2.14 bits per heavy atom. The third-order valence-electron chi connectivity index (χ3n) is 3.31. The van der Waals surface area contributed by atoms with Gasteiger partial charge in [-0.1, -0.05) is 0 Å². The standard InChI is InChI=1S/C14H21N5O2/c1-5-21-14(20)11-8-16-19(4)12(11)9-17(2)10-13-15-6-7-18(13)3/h6-8H,5,9-10H2,1-4H3. The fraction of sp³-hybridized carbons (Fsp3) is 0.500. The van der Waals surface area contributed by atoms with E-state index in [1.54, 1.807) is 24.0 Å². The van der Waals surface area contributed by atoms with Gasteiger partial charge in [-0.25, -0.2) is 9.78 Å². The first-order chi connectivity index (χ1) is 10.0. The maximum atomic E-state index is 11.9. The maximum Gasteiger partial charge on any atom is 0.341 e. The van der Waals surface area contributed by atoms with Crippen molar-refractivity contribution in [1.82, 2.24) is 24.2 Å². The van der Waals surface area contributed by atoms with Gasteiger partial charge >= 0.3 is 5.97 Å². The number of carbonyl (C=O) groups is 1. The van der Waals surface area contributed by atoms with Gasteiger partial charge in [-0.15, -0.1) is 0 Å². The molecule has 0 fully saturated rings. The second-order valence-corrected chi connectivity index (χ2v) is 4.98. The van der Waals surface area contributed by atoms with Crippen LogP contribution in [0.5, 0.6) is 0 Å². The van der Waals surface area contributed by atoms with Crippen molar-refractivity contribution in [3.05, 3.63) is 35.7 Å². The average molecular weight is 291 g/mol. The molecule has 2 heterocycles. The second kappa shape index (κ2) is 6.53. The van der Waals surface area contributed by atoms with E-state index in [1.807, 2.05) is 31.9 Å². The Balaban J connectivity index is 2.10. The summed E-state index contributed by atoms with van der Waals surface area (Å²) in [6, 6.07) is 0. The lowest BCUT2D eigenvalue weighted by atomic mass is 10.2. The summed E-state index contributed by atoms with van der Waals surface area (Å²) in [4.78, 5) is 18.3. The van der Waals surface area contributed by atoms with E-state index in [0.717, 1.165) is 11.5 Å². The summed E-state index contributed by atoms with van der Waals surface area (Å²) in [5, 5.41) is 4.16. The van der Waals surface area contributed by atoms with E-state index >= 15 is 0 Å². The summed E-state index contributed by atoms with van der Waals surface area (Å²) < 4.78 is 8.75. The minimum absolute atomic E-state index is 0.328. The number of aryl methyl sites for hydroxylation is 2. The molecule has 2 rings (SSSR count). The number of rotatable bonds is 6. The summed E-state index contributed by atoms with van der Waals surface area (Å²) >= 11 is 0. The van der Waals surface area contributed by atoms with Gasteiger partial charge in [0.2, 0.25) is 0 Å². The normalized spacial score (nSPS) is 11.1. The molecule has 0 unspecified atom stereocenters. The van der Waals surface area contributed by atoms with Crippen molar-refractivity contribution in [2.75, 3.05) is 13.7 Å². The predicted octanol–water partition coefficient (Wildman–Crippen LogP) is 0.962. The molecule has 0 saturated carbocycles. The summed E-state index contributed by atoms with van der Waals surface area (Å²) in [5.41, 5.74) is 1.36. The average Bonchev–Trinajstić information content (AvgIpc) is 2.98. The van der Waals surface area contributed by atoms with Crippen LogP contribution >= 0.6 is 0 Å². The fourth-order valence-corrected chi connectivity index (χ4v) is 2.13. The lowest BCUT2D eigenvalue weighted by Crippen LogP contribution is -2.22. The van der Waals surface area contributed by atoms with Crippen molar-refractivity contribution in [2.24, 2.45) is 14.1 Å². The maximum absolute atomic E-state index is 11.9. The molecule has 0 aliphatic carbocycles. The number of ether oxygens (including phenoxy) is 1. The zero-order chi connectivity index (χ0) is 15.4. The van der Waals surface area contributed by atoms with Crippen molar-refractivity contribution >= 4 is 5.97 Å². The van der Waals surface area contributed by atoms with E-state index in [4.69, 9.17) is 4.74 Å². The Bertz CT molecular complexity index is 617. The molecule has 0 bridgehead atoms. The molecule has 0 spiro atoms. The molecule has 7 heteroatoms. The second-order valence-electron chi connectivity index (χ2n) is 4.98. The molecule has 114 valence electrons. The van der Waals surface area contributed by atoms with Crippen LogP contribution in [0.1, 0.15) is 28.8 Å². The molecule has 0 N–H and O–H groups in total. The minimum atomic E-state index is -0.328. The monoisotopic (exact) mass is 291 g/mol. The summed E-state index contributed by atoms with van der Waals surface area (Å²) in [6.45, 7) is 3.44. The third kappa shape index (κ3) is 3.49. The number of nitrogens with zero attached hydrogens (tertiary/aromatic N) is 5. The van der Waals surface area contributed by atoms with Gasteiger partial charge in [0, 0.05) is 33.0 Å². The van der Waals surface area contributed by atoms with Crippen molar-refractivity contribution in [1.29, 1.82) is 0 Å². The van der Waals surface area contributed by atoms with E-state index < -0.39 is 0 Å². The van der Waals surface area contributed by atoms with Crippen LogP contribution in [0.15, 0.2) is 18.6 Å². The van der Waals surface area contributed by atoms with Crippen LogP contribution in [0.3, 0.4) is 0 Å². The van der Waals surface area contributed by atoms with E-state index in [0.29, 0.717) is 25.3 Å². The summed E-state index contributed by atoms with van der Waals surface area (Å²) in [6.07, 6.45) is 5.25. The quantitative estimate of drug-likeness (QED) is 0.742. The Kier molecular flexibility index (Phi) is 4.74. The largest absolute Gasteiger partial charge is 0.462 e. The molecular weight excluding hydrogens is 270 g/mol. The molecule has 0 saturated heterocycles. The molecule has 7 nitrogen and oxygen atoms in total. The minimum Gasteiger partial charge on any atom is -0.462 e. The first-order valence-corrected chi connectivity index (χ1v) is 6.85. The van der Waals surface area contributed by atoms with Gasteiger partial charge in [0.25, 0.3) is 0 Å². The number of imidazole rings is 1. The van der Waals surface area contributed by atoms with Gasteiger partial charge in [-0.3, -0.25) is 9.58 Å². The van der Waals surface area contributed by atoms with Crippen LogP contribution in [-0.2, 0) is 31.9 Å². The van der Waals surface area contributed by atoms with Crippen LogP contribution in [0.4, 0.5) is 0 Å². The molecule has 2 aromatic rings. The Hall–Kier alpha value is -2.15. The number of carbonyl (C=O) groups excluding carboxylic acids is 1. The topological polar surface area (TPSA) is 65.2 Å².